The number of nitrogens with zero attached hydrogens (tertiary/aromatic N) is 3. The van der Waals surface area contributed by atoms with Gasteiger partial charge in [0.25, 0.3) is 0 Å². The molecule has 1 aromatic rings. The van der Waals surface area contributed by atoms with E-state index in [-0.39, 0.29) is 0 Å². The number of rotatable bonds is 6. The van der Waals surface area contributed by atoms with Gasteiger partial charge in [-0.2, -0.15) is 0 Å². The third-order valence-electron chi connectivity index (χ3n) is 4.20. The normalized spacial score (nSPS) is 16.8. The maximum absolute atomic E-state index is 4.77. The van der Waals surface area contributed by atoms with Crippen LogP contribution in [0.1, 0.15) is 56.5 Å². The van der Waals surface area contributed by atoms with Crippen molar-refractivity contribution in [2.45, 2.75) is 53.4 Å². The molecule has 0 spiro atoms. The van der Waals surface area contributed by atoms with E-state index in [0.717, 1.165) is 43.5 Å². The minimum absolute atomic E-state index is 0.455. The van der Waals surface area contributed by atoms with Gasteiger partial charge >= 0.3 is 0 Å². The Hall–Kier alpha value is -1.16. The summed E-state index contributed by atoms with van der Waals surface area (Å²) in [5.74, 6) is 2.07. The predicted octanol–water partition coefficient (Wildman–Crippen LogP) is 3.04. The fraction of sp³-hybridized carbons (Fsp3) is 0.765. The molecule has 1 atom stereocenters. The Labute approximate surface area is 129 Å². The van der Waals surface area contributed by atoms with Crippen molar-refractivity contribution < 1.29 is 0 Å². The summed E-state index contributed by atoms with van der Waals surface area (Å²) >= 11 is 0. The van der Waals surface area contributed by atoms with E-state index in [4.69, 9.17) is 9.97 Å². The van der Waals surface area contributed by atoms with Crippen LogP contribution in [-0.2, 0) is 0 Å². The molecule has 4 nitrogen and oxygen atoms in total. The van der Waals surface area contributed by atoms with Gasteiger partial charge in [-0.1, -0.05) is 20.8 Å². The van der Waals surface area contributed by atoms with Crippen molar-refractivity contribution in [3.8, 4) is 0 Å². The van der Waals surface area contributed by atoms with Crippen LogP contribution in [0.2, 0.25) is 0 Å². The molecule has 2 heterocycles. The highest BCUT2D eigenvalue weighted by molar-refractivity contribution is 5.38. The monoisotopic (exact) mass is 290 g/mol. The summed E-state index contributed by atoms with van der Waals surface area (Å²) in [4.78, 5) is 11.8. The van der Waals surface area contributed by atoms with Crippen molar-refractivity contribution in [3.63, 3.8) is 0 Å². The summed E-state index contributed by atoms with van der Waals surface area (Å²) in [7, 11) is 0. The Kier molecular flexibility index (Phi) is 5.57. The Balaban J connectivity index is 2.08. The number of hydrogen-bond acceptors (Lipinski definition) is 4. The molecule has 1 fully saturated rings. The topological polar surface area (TPSA) is 41.1 Å². The summed E-state index contributed by atoms with van der Waals surface area (Å²) in [6.45, 7) is 15.3. The maximum Gasteiger partial charge on any atom is 0.225 e. The fourth-order valence-electron chi connectivity index (χ4n) is 3.17. The van der Waals surface area contributed by atoms with Gasteiger partial charge in [-0.15, -0.1) is 0 Å². The molecule has 0 amide bonds. The lowest BCUT2D eigenvalue weighted by atomic mass is 9.98. The van der Waals surface area contributed by atoms with Crippen molar-refractivity contribution in [2.24, 2.45) is 5.92 Å². The van der Waals surface area contributed by atoms with Gasteiger partial charge in [0.15, 0.2) is 0 Å². The molecular formula is C17H30N4. The molecular weight excluding hydrogens is 260 g/mol. The summed E-state index contributed by atoms with van der Waals surface area (Å²) in [6, 6.07) is 0. The number of anilines is 1. The zero-order valence-corrected chi connectivity index (χ0v) is 14.2. The van der Waals surface area contributed by atoms with Crippen LogP contribution in [0.3, 0.4) is 0 Å². The van der Waals surface area contributed by atoms with Gasteiger partial charge in [-0.3, -0.25) is 0 Å². The lowest BCUT2D eigenvalue weighted by Crippen LogP contribution is -2.26. The molecule has 0 aromatic carbocycles. The van der Waals surface area contributed by atoms with Gasteiger partial charge in [0.05, 0.1) is 0 Å². The van der Waals surface area contributed by atoms with Crippen LogP contribution < -0.4 is 10.2 Å². The summed E-state index contributed by atoms with van der Waals surface area (Å²) in [5.41, 5.74) is 3.60. The third kappa shape index (κ3) is 4.16. The predicted molar refractivity (Wildman–Crippen MR) is 89.1 cm³/mol. The molecule has 1 aliphatic rings. The average Bonchev–Trinajstić information content (AvgIpc) is 2.91. The quantitative estimate of drug-likeness (QED) is 0.874. The highest BCUT2D eigenvalue weighted by Gasteiger charge is 2.19. The zero-order chi connectivity index (χ0) is 15.4. The third-order valence-corrected chi connectivity index (χ3v) is 4.20. The van der Waals surface area contributed by atoms with Gasteiger partial charge in [-0.05, 0) is 50.6 Å². The molecule has 2 rings (SSSR count). The van der Waals surface area contributed by atoms with Crippen LogP contribution in [0.5, 0.6) is 0 Å². The van der Waals surface area contributed by atoms with Crippen LogP contribution in [0, 0.1) is 19.8 Å². The summed E-state index contributed by atoms with van der Waals surface area (Å²) in [6.07, 6.45) is 2.53. The second-order valence-electron chi connectivity index (χ2n) is 6.76. The lowest BCUT2D eigenvalue weighted by molar-refractivity contribution is 0.526. The van der Waals surface area contributed by atoms with Crippen molar-refractivity contribution in [3.05, 3.63) is 17.0 Å². The van der Waals surface area contributed by atoms with Gasteiger partial charge in [-0.25, -0.2) is 9.97 Å². The molecule has 1 N–H and O–H groups in total. The molecule has 118 valence electrons. The first-order valence-electron chi connectivity index (χ1n) is 8.29. The second-order valence-corrected chi connectivity index (χ2v) is 6.76. The molecule has 0 radical (unpaired) electrons. The number of aryl methyl sites for hydroxylation is 2. The lowest BCUT2D eigenvalue weighted by Gasteiger charge is -2.21. The van der Waals surface area contributed by atoms with Gasteiger partial charge in [0.1, 0.15) is 0 Å². The minimum atomic E-state index is 0.455. The van der Waals surface area contributed by atoms with E-state index in [1.54, 1.807) is 0 Å². The van der Waals surface area contributed by atoms with Crippen LogP contribution in [0.4, 0.5) is 5.95 Å². The standard InChI is InChI=1S/C17H30N4/c1-12(2)10-18-11-13(3)16-14(4)19-17(20-15(16)5)21-8-6-7-9-21/h12-13,18H,6-11H2,1-5H3. The molecule has 4 heteroatoms. The van der Waals surface area contributed by atoms with Crippen molar-refractivity contribution in [1.29, 1.82) is 0 Å². The first-order chi connectivity index (χ1) is 9.99. The van der Waals surface area contributed by atoms with Crippen LogP contribution in [-0.4, -0.2) is 36.1 Å². The Morgan fingerprint density at radius 3 is 2.10 bits per heavy atom. The van der Waals surface area contributed by atoms with E-state index < -0.39 is 0 Å². The highest BCUT2D eigenvalue weighted by Crippen LogP contribution is 2.24. The summed E-state index contributed by atoms with van der Waals surface area (Å²) < 4.78 is 0. The van der Waals surface area contributed by atoms with Crippen molar-refractivity contribution >= 4 is 5.95 Å². The number of hydrogen-bond donors (Lipinski definition) is 1. The van der Waals surface area contributed by atoms with E-state index in [1.807, 2.05) is 0 Å². The average molecular weight is 290 g/mol. The van der Waals surface area contributed by atoms with E-state index in [9.17, 15) is 0 Å². The maximum atomic E-state index is 4.77. The highest BCUT2D eigenvalue weighted by atomic mass is 15.3. The first kappa shape index (κ1) is 16.2. The van der Waals surface area contributed by atoms with E-state index >= 15 is 0 Å². The Morgan fingerprint density at radius 1 is 1.00 bits per heavy atom. The Morgan fingerprint density at radius 2 is 1.57 bits per heavy atom. The minimum Gasteiger partial charge on any atom is -0.341 e. The van der Waals surface area contributed by atoms with Crippen LogP contribution >= 0.6 is 0 Å². The van der Waals surface area contributed by atoms with Gasteiger partial charge in [0.2, 0.25) is 5.95 Å². The Bertz CT molecular complexity index is 441. The smallest absolute Gasteiger partial charge is 0.225 e. The second kappa shape index (κ2) is 7.21. The number of aromatic nitrogens is 2. The molecule has 0 saturated carbocycles. The van der Waals surface area contributed by atoms with Crippen molar-refractivity contribution in [2.75, 3.05) is 31.1 Å². The molecule has 0 bridgehead atoms. The number of nitrogens with one attached hydrogen (secondary N) is 1. The van der Waals surface area contributed by atoms with Crippen molar-refractivity contribution in [1.82, 2.24) is 15.3 Å². The molecule has 1 aliphatic heterocycles. The first-order valence-corrected chi connectivity index (χ1v) is 8.29. The fourth-order valence-corrected chi connectivity index (χ4v) is 3.17. The van der Waals surface area contributed by atoms with Crippen LogP contribution in [0.15, 0.2) is 0 Å². The zero-order valence-electron chi connectivity index (χ0n) is 14.2. The molecule has 1 aromatic heterocycles. The van der Waals surface area contributed by atoms with E-state index in [1.165, 1.54) is 18.4 Å². The van der Waals surface area contributed by atoms with E-state index in [2.05, 4.69) is 44.8 Å². The van der Waals surface area contributed by atoms with Crippen LogP contribution in [0.25, 0.3) is 0 Å². The SMILES string of the molecule is Cc1nc(N2CCCC2)nc(C)c1C(C)CNCC(C)C. The molecule has 0 aliphatic carbocycles. The van der Waals surface area contributed by atoms with Gasteiger partial charge in [0, 0.05) is 31.0 Å². The molecule has 21 heavy (non-hydrogen) atoms. The van der Waals surface area contributed by atoms with Gasteiger partial charge < -0.3 is 10.2 Å². The van der Waals surface area contributed by atoms with E-state index in [0.29, 0.717) is 11.8 Å². The summed E-state index contributed by atoms with van der Waals surface area (Å²) in [5, 5.41) is 3.54. The molecule has 1 saturated heterocycles. The molecule has 1 unspecified atom stereocenters. The largest absolute Gasteiger partial charge is 0.341 e.